The van der Waals surface area contributed by atoms with Gasteiger partial charge in [-0.1, -0.05) is 23.8 Å². The summed E-state index contributed by atoms with van der Waals surface area (Å²) in [5, 5.41) is 6.95. The summed E-state index contributed by atoms with van der Waals surface area (Å²) < 4.78 is 5.51. The van der Waals surface area contributed by atoms with E-state index in [1.165, 1.54) is 22.4 Å². The van der Waals surface area contributed by atoms with Gasteiger partial charge < -0.3 is 15.4 Å². The van der Waals surface area contributed by atoms with E-state index in [1.807, 2.05) is 25.1 Å². The molecule has 22 heavy (non-hydrogen) atoms. The molecule has 0 aliphatic heterocycles. The lowest BCUT2D eigenvalue weighted by Crippen LogP contribution is -2.15. The van der Waals surface area contributed by atoms with Crippen LogP contribution in [0, 0.1) is 20.8 Å². The molecule has 2 aromatic carbocycles. The number of ether oxygens (including phenoxy) is 1. The van der Waals surface area contributed by atoms with Crippen molar-refractivity contribution in [3.05, 3.63) is 53.1 Å². The molecule has 0 radical (unpaired) electrons. The highest BCUT2D eigenvalue weighted by atomic mass is 16.5. The Bertz CT molecular complexity index is 600. The van der Waals surface area contributed by atoms with Crippen LogP contribution in [0.3, 0.4) is 0 Å². The van der Waals surface area contributed by atoms with Crippen LogP contribution in [0.2, 0.25) is 0 Å². The minimum Gasteiger partial charge on any atom is -0.494 e. The Balaban J connectivity index is 1.86. The predicted octanol–water partition coefficient (Wildman–Crippen LogP) is 4.53. The first-order chi connectivity index (χ1) is 10.6. The van der Waals surface area contributed by atoms with Gasteiger partial charge in [0.05, 0.1) is 6.61 Å². The minimum absolute atomic E-state index is 0.691. The summed E-state index contributed by atoms with van der Waals surface area (Å²) >= 11 is 0. The molecular weight excluding hydrogens is 272 g/mol. The van der Waals surface area contributed by atoms with Gasteiger partial charge in [0.15, 0.2) is 0 Å². The zero-order chi connectivity index (χ0) is 15.9. The number of hydrogen-bond donors (Lipinski definition) is 2. The highest BCUT2D eigenvalue weighted by molar-refractivity contribution is 5.58. The molecule has 0 heterocycles. The second-order valence-electron chi connectivity index (χ2n) is 5.59. The first kappa shape index (κ1) is 16.2. The maximum atomic E-state index is 5.51. The van der Waals surface area contributed by atoms with Crippen LogP contribution in [0.4, 0.5) is 11.4 Å². The molecule has 0 aromatic heterocycles. The van der Waals surface area contributed by atoms with E-state index in [4.69, 9.17) is 4.74 Å². The molecule has 0 saturated heterocycles. The fourth-order valence-electron chi connectivity index (χ4n) is 2.72. The third-order valence-electron chi connectivity index (χ3n) is 3.58. The summed E-state index contributed by atoms with van der Waals surface area (Å²) in [4.78, 5) is 0. The zero-order valence-electron chi connectivity index (χ0n) is 14.0. The fraction of sp³-hybridized carbons (Fsp3) is 0.368. The van der Waals surface area contributed by atoms with Gasteiger partial charge in [-0.3, -0.25) is 0 Å². The lowest BCUT2D eigenvalue weighted by molar-refractivity contribution is 0.340. The molecule has 0 amide bonds. The molecule has 0 aliphatic rings. The van der Waals surface area contributed by atoms with Crippen molar-refractivity contribution < 1.29 is 4.74 Å². The normalized spacial score (nSPS) is 10.4. The van der Waals surface area contributed by atoms with Gasteiger partial charge in [0.25, 0.3) is 0 Å². The van der Waals surface area contributed by atoms with Gasteiger partial charge in [-0.05, 0) is 51.0 Å². The summed E-state index contributed by atoms with van der Waals surface area (Å²) in [7, 11) is 0. The van der Waals surface area contributed by atoms with Gasteiger partial charge in [0, 0.05) is 30.5 Å². The number of rotatable bonds is 7. The van der Waals surface area contributed by atoms with E-state index in [9.17, 15) is 0 Å². The molecule has 2 rings (SSSR count). The van der Waals surface area contributed by atoms with Gasteiger partial charge >= 0.3 is 0 Å². The lowest BCUT2D eigenvalue weighted by atomic mass is 10.1. The standard InChI is InChI=1S/C19H26N2O/c1-5-22-18-8-6-7-17(13-18)20-9-10-21-19-15(3)11-14(2)12-16(19)4/h6-8,11-13,20-21H,5,9-10H2,1-4H3. The lowest BCUT2D eigenvalue weighted by Gasteiger charge is -2.15. The summed E-state index contributed by atoms with van der Waals surface area (Å²) in [6, 6.07) is 12.5. The SMILES string of the molecule is CCOc1cccc(NCCNc2c(C)cc(C)cc2C)c1. The molecule has 3 heteroatoms. The highest BCUT2D eigenvalue weighted by Gasteiger charge is 2.03. The van der Waals surface area contributed by atoms with Gasteiger partial charge in [-0.25, -0.2) is 0 Å². The van der Waals surface area contributed by atoms with E-state index in [1.54, 1.807) is 0 Å². The van der Waals surface area contributed by atoms with E-state index in [0.717, 1.165) is 24.5 Å². The van der Waals surface area contributed by atoms with Crippen LogP contribution in [0.1, 0.15) is 23.6 Å². The van der Waals surface area contributed by atoms with Crippen molar-refractivity contribution in [1.29, 1.82) is 0 Å². The van der Waals surface area contributed by atoms with Gasteiger partial charge in [-0.15, -0.1) is 0 Å². The number of nitrogens with one attached hydrogen (secondary N) is 2. The van der Waals surface area contributed by atoms with Gasteiger partial charge in [-0.2, -0.15) is 0 Å². The van der Waals surface area contributed by atoms with Crippen LogP contribution in [-0.4, -0.2) is 19.7 Å². The number of aryl methyl sites for hydroxylation is 3. The van der Waals surface area contributed by atoms with E-state index >= 15 is 0 Å². The Kier molecular flexibility index (Phi) is 5.70. The van der Waals surface area contributed by atoms with Crippen LogP contribution in [0.5, 0.6) is 5.75 Å². The molecule has 3 nitrogen and oxygen atoms in total. The molecule has 0 unspecified atom stereocenters. The van der Waals surface area contributed by atoms with Crippen LogP contribution in [0.25, 0.3) is 0 Å². The van der Waals surface area contributed by atoms with Crippen LogP contribution < -0.4 is 15.4 Å². The predicted molar refractivity (Wildman–Crippen MR) is 95.2 cm³/mol. The quantitative estimate of drug-likeness (QED) is 0.737. The Morgan fingerprint density at radius 1 is 0.909 bits per heavy atom. The van der Waals surface area contributed by atoms with Gasteiger partial charge in [0.1, 0.15) is 5.75 Å². The summed E-state index contributed by atoms with van der Waals surface area (Å²) in [6.45, 7) is 10.9. The molecule has 118 valence electrons. The number of hydrogen-bond acceptors (Lipinski definition) is 3. The summed E-state index contributed by atoms with van der Waals surface area (Å²) in [6.07, 6.45) is 0. The van der Waals surface area contributed by atoms with Crippen molar-refractivity contribution in [2.45, 2.75) is 27.7 Å². The fourth-order valence-corrected chi connectivity index (χ4v) is 2.72. The topological polar surface area (TPSA) is 33.3 Å². The zero-order valence-corrected chi connectivity index (χ0v) is 14.0. The molecule has 0 aliphatic carbocycles. The van der Waals surface area contributed by atoms with Crippen LogP contribution in [0.15, 0.2) is 36.4 Å². The van der Waals surface area contributed by atoms with Gasteiger partial charge in [0.2, 0.25) is 0 Å². The monoisotopic (exact) mass is 298 g/mol. The van der Waals surface area contributed by atoms with Crippen molar-refractivity contribution >= 4 is 11.4 Å². The summed E-state index contributed by atoms with van der Waals surface area (Å²) in [5.41, 5.74) is 6.25. The largest absolute Gasteiger partial charge is 0.494 e. The van der Waals surface area contributed by atoms with Crippen molar-refractivity contribution in [2.75, 3.05) is 30.3 Å². The Labute approximate surface area is 133 Å². The van der Waals surface area contributed by atoms with E-state index in [2.05, 4.69) is 49.6 Å². The molecule has 0 spiro atoms. The Morgan fingerprint density at radius 3 is 2.27 bits per heavy atom. The van der Waals surface area contributed by atoms with Crippen molar-refractivity contribution in [1.82, 2.24) is 0 Å². The second-order valence-corrected chi connectivity index (χ2v) is 5.59. The van der Waals surface area contributed by atoms with Crippen LogP contribution >= 0.6 is 0 Å². The minimum atomic E-state index is 0.691. The number of benzene rings is 2. The smallest absolute Gasteiger partial charge is 0.121 e. The maximum absolute atomic E-state index is 5.51. The molecule has 0 bridgehead atoms. The van der Waals surface area contributed by atoms with Crippen LogP contribution in [-0.2, 0) is 0 Å². The Morgan fingerprint density at radius 2 is 1.59 bits per heavy atom. The molecule has 0 atom stereocenters. The Hall–Kier alpha value is -2.16. The average molecular weight is 298 g/mol. The van der Waals surface area contributed by atoms with Crippen molar-refractivity contribution in [3.63, 3.8) is 0 Å². The first-order valence-electron chi connectivity index (χ1n) is 7.88. The molecular formula is C19H26N2O. The van der Waals surface area contributed by atoms with Crippen molar-refractivity contribution in [3.8, 4) is 5.75 Å². The van der Waals surface area contributed by atoms with E-state index < -0.39 is 0 Å². The highest BCUT2D eigenvalue weighted by Crippen LogP contribution is 2.21. The maximum Gasteiger partial charge on any atom is 0.121 e. The average Bonchev–Trinajstić information content (AvgIpc) is 2.46. The molecule has 0 fully saturated rings. The number of anilines is 2. The third kappa shape index (κ3) is 4.42. The molecule has 2 aromatic rings. The summed E-state index contributed by atoms with van der Waals surface area (Å²) in [5.74, 6) is 0.908. The molecule has 2 N–H and O–H groups in total. The molecule has 0 saturated carbocycles. The van der Waals surface area contributed by atoms with E-state index in [-0.39, 0.29) is 0 Å². The van der Waals surface area contributed by atoms with E-state index in [0.29, 0.717) is 6.61 Å². The third-order valence-corrected chi connectivity index (χ3v) is 3.58. The van der Waals surface area contributed by atoms with Crippen molar-refractivity contribution in [2.24, 2.45) is 0 Å². The second kappa shape index (κ2) is 7.74. The first-order valence-corrected chi connectivity index (χ1v) is 7.88.